The predicted molar refractivity (Wildman–Crippen MR) is 200 cm³/mol. The monoisotopic (exact) mass is 765 g/mol. The quantitative estimate of drug-likeness (QED) is 0.277. The van der Waals surface area contributed by atoms with Gasteiger partial charge in [-0.15, -0.1) is 11.3 Å². The van der Waals surface area contributed by atoms with E-state index in [1.165, 1.54) is 16.2 Å². The van der Waals surface area contributed by atoms with Gasteiger partial charge in [0.1, 0.15) is 46.0 Å². The molecule has 15 heteroatoms. The van der Waals surface area contributed by atoms with Gasteiger partial charge in [0, 0.05) is 34.7 Å². The van der Waals surface area contributed by atoms with Crippen LogP contribution in [0.25, 0.3) is 21.6 Å². The van der Waals surface area contributed by atoms with E-state index >= 15 is 0 Å². The van der Waals surface area contributed by atoms with Gasteiger partial charge in [0.15, 0.2) is 0 Å². The van der Waals surface area contributed by atoms with Crippen LogP contribution >= 0.6 is 11.3 Å². The molecule has 2 aliphatic carbocycles. The number of aromatic nitrogens is 2. The summed E-state index contributed by atoms with van der Waals surface area (Å²) in [5, 5.41) is 16.7. The molecule has 2 aliphatic heterocycles. The molecule has 2 aromatic heterocycles. The van der Waals surface area contributed by atoms with Gasteiger partial charge in [-0.05, 0) is 63.5 Å². The Morgan fingerprint density at radius 1 is 1.13 bits per heavy atom. The Balaban J connectivity index is 1.21. The number of amides is 3. The molecule has 1 saturated heterocycles. The zero-order chi connectivity index (χ0) is 37.7. The molecule has 4 heterocycles. The minimum Gasteiger partial charge on any atom is -0.496 e. The number of hydrogen-bond donors (Lipinski definition) is 3. The number of aryl methyl sites for hydroxylation is 1. The molecule has 2 saturated carbocycles. The highest BCUT2D eigenvalue weighted by Crippen LogP contribution is 2.46. The van der Waals surface area contributed by atoms with E-state index in [0.29, 0.717) is 47.4 Å². The first kappa shape index (κ1) is 37.2. The number of pyridine rings is 1. The van der Waals surface area contributed by atoms with Crippen LogP contribution in [0.2, 0.25) is 0 Å². The summed E-state index contributed by atoms with van der Waals surface area (Å²) in [5.74, 6) is -0.984. The average Bonchev–Trinajstić information content (AvgIpc) is 4.00. The average molecular weight is 766 g/mol. The van der Waals surface area contributed by atoms with Crippen molar-refractivity contribution in [1.82, 2.24) is 24.9 Å². The lowest BCUT2D eigenvalue weighted by Gasteiger charge is -2.28. The predicted octanol–water partition coefficient (Wildman–Crippen LogP) is 4.51. The summed E-state index contributed by atoms with van der Waals surface area (Å²) in [6.07, 6.45) is 6.32. The molecule has 7 rings (SSSR count). The molecular formula is C38H47N5O8S2. The number of carbonyl (C=O) groups excluding carboxylic acids is 3. The molecule has 3 fully saturated rings. The van der Waals surface area contributed by atoms with Crippen LogP contribution in [0.15, 0.2) is 35.7 Å². The summed E-state index contributed by atoms with van der Waals surface area (Å²) < 4.78 is 40.1. The number of methoxy groups -OCH3 is 1. The molecule has 3 aromatic rings. The summed E-state index contributed by atoms with van der Waals surface area (Å²) in [7, 11) is -2.27. The first-order chi connectivity index (χ1) is 25.3. The molecule has 5 atom stereocenters. The molecule has 13 nitrogen and oxygen atoms in total. The van der Waals surface area contributed by atoms with Crippen molar-refractivity contribution in [2.24, 2.45) is 5.92 Å². The van der Waals surface area contributed by atoms with Crippen molar-refractivity contribution in [3.63, 3.8) is 0 Å². The van der Waals surface area contributed by atoms with E-state index in [1.54, 1.807) is 7.11 Å². The van der Waals surface area contributed by atoms with Crippen LogP contribution in [0, 0.1) is 12.8 Å². The van der Waals surface area contributed by atoms with Crippen molar-refractivity contribution in [2.75, 3.05) is 13.7 Å². The van der Waals surface area contributed by atoms with Crippen LogP contribution in [0.4, 0.5) is 0 Å². The fraction of sp³-hybridized carbons (Fsp3) is 0.553. The topological polar surface area (TPSA) is 177 Å². The van der Waals surface area contributed by atoms with E-state index in [1.807, 2.05) is 42.7 Å². The van der Waals surface area contributed by atoms with E-state index in [-0.39, 0.29) is 31.7 Å². The number of fused-ring (bicyclic) bond motifs is 3. The number of rotatable bonds is 8. The maximum absolute atomic E-state index is 14.2. The van der Waals surface area contributed by atoms with E-state index in [9.17, 15) is 27.9 Å². The third-order valence-corrected chi connectivity index (χ3v) is 13.5. The van der Waals surface area contributed by atoms with Crippen LogP contribution in [0.1, 0.15) is 88.8 Å². The van der Waals surface area contributed by atoms with E-state index in [2.05, 4.69) is 23.9 Å². The van der Waals surface area contributed by atoms with Crippen LogP contribution in [0.5, 0.6) is 11.5 Å². The number of thiazole rings is 1. The molecular weight excluding hydrogens is 719 g/mol. The smallest absolute Gasteiger partial charge is 0.259 e. The maximum Gasteiger partial charge on any atom is 0.259 e. The van der Waals surface area contributed by atoms with Crippen LogP contribution in [-0.2, 0) is 24.4 Å². The van der Waals surface area contributed by atoms with Gasteiger partial charge in [-0.25, -0.2) is 18.4 Å². The summed E-state index contributed by atoms with van der Waals surface area (Å²) in [5.41, 5.74) is 1.56. The number of benzene rings is 1. The van der Waals surface area contributed by atoms with Gasteiger partial charge in [0.25, 0.3) is 11.8 Å². The van der Waals surface area contributed by atoms with E-state index in [0.717, 1.165) is 35.5 Å². The minimum absolute atomic E-state index is 0.00953. The van der Waals surface area contributed by atoms with Crippen LogP contribution in [-0.4, -0.2) is 88.8 Å². The molecule has 3 amide bonds. The zero-order valence-corrected chi connectivity index (χ0v) is 32.1. The Morgan fingerprint density at radius 2 is 1.92 bits per heavy atom. The third kappa shape index (κ3) is 7.52. The number of aliphatic hydroxyl groups excluding tert-OH is 1. The molecule has 0 radical (unpaired) electrons. The van der Waals surface area contributed by atoms with Crippen molar-refractivity contribution in [1.29, 1.82) is 0 Å². The summed E-state index contributed by atoms with van der Waals surface area (Å²) in [6, 6.07) is 4.45. The SMILES string of the molecule is COc1ccc2c(O[C@@H]3C[C@@H]4C(=O)N[C@]5(C(=O)NS(=O)(=O)C6CC6)C[C@H]5/C=C\CCCCCC(O)C(=O)N4C3)cc(-c3nc(C(C)C)cs3)nc2c1C. The molecule has 3 N–H and O–H groups in total. The van der Waals surface area contributed by atoms with Gasteiger partial charge >= 0.3 is 0 Å². The summed E-state index contributed by atoms with van der Waals surface area (Å²) >= 11 is 1.49. The fourth-order valence-electron chi connectivity index (χ4n) is 7.35. The number of carbonyl (C=O) groups is 3. The Kier molecular flexibility index (Phi) is 10.3. The molecule has 1 aromatic carbocycles. The molecule has 1 unspecified atom stereocenters. The lowest BCUT2D eigenvalue weighted by molar-refractivity contribution is -0.146. The number of nitrogens with one attached hydrogen (secondary N) is 2. The number of allylic oxidation sites excluding steroid dienone is 1. The van der Waals surface area contributed by atoms with Crippen molar-refractivity contribution < 1.29 is 37.4 Å². The van der Waals surface area contributed by atoms with Crippen molar-refractivity contribution in [3.8, 4) is 22.2 Å². The number of ether oxygens (including phenoxy) is 2. The van der Waals surface area contributed by atoms with Gasteiger partial charge < -0.3 is 24.8 Å². The van der Waals surface area contributed by atoms with Crippen molar-refractivity contribution >= 4 is 50.0 Å². The van der Waals surface area contributed by atoms with E-state index < -0.39 is 62.7 Å². The first-order valence-corrected chi connectivity index (χ1v) is 20.9. The molecule has 4 aliphatic rings. The number of hydrogen-bond acceptors (Lipinski definition) is 11. The third-order valence-electron chi connectivity index (χ3n) is 10.8. The largest absolute Gasteiger partial charge is 0.496 e. The Morgan fingerprint density at radius 3 is 2.64 bits per heavy atom. The second-order valence-corrected chi connectivity index (χ2v) is 17.9. The van der Waals surface area contributed by atoms with Crippen LogP contribution in [0.3, 0.4) is 0 Å². The second kappa shape index (κ2) is 14.6. The van der Waals surface area contributed by atoms with Gasteiger partial charge in [0.2, 0.25) is 15.9 Å². The Labute approximate surface area is 313 Å². The summed E-state index contributed by atoms with van der Waals surface area (Å²) in [4.78, 5) is 52.9. The van der Waals surface area contributed by atoms with Crippen LogP contribution < -0.4 is 19.5 Å². The van der Waals surface area contributed by atoms with Gasteiger partial charge in [-0.1, -0.05) is 38.8 Å². The Bertz CT molecular complexity index is 2060. The molecule has 0 bridgehead atoms. The second-order valence-electron chi connectivity index (χ2n) is 15.0. The zero-order valence-electron chi connectivity index (χ0n) is 30.5. The lowest BCUT2D eigenvalue weighted by Crippen LogP contribution is -2.57. The van der Waals surface area contributed by atoms with Crippen molar-refractivity contribution in [3.05, 3.63) is 47.0 Å². The standard InChI is InChI=1S/C38H47N5O8S2/c1-21(2)28-20-52-35(40-28)27-17-32(26-14-15-31(50-4)22(3)33(26)39-27)51-24-16-29-34(45)41-38(37(47)42-53(48,49)25-12-13-25)18-23(38)10-8-6-5-7-9-11-30(44)36(46)43(29)19-24/h8,10,14-15,17,20-21,23-25,29-30,44H,5-7,9,11-13,16,18-19H2,1-4H3,(H,41,45)(H,42,47)/b10-8-/t23-,24-,29-,30?,38-/m1/s1. The number of nitrogens with zero attached hydrogens (tertiary/aromatic N) is 3. The summed E-state index contributed by atoms with van der Waals surface area (Å²) in [6.45, 7) is 6.08. The minimum atomic E-state index is -3.87. The number of aliphatic hydroxyl groups is 1. The molecule has 284 valence electrons. The van der Waals surface area contributed by atoms with Crippen molar-refractivity contribution in [2.45, 2.75) is 114 Å². The number of sulfonamides is 1. The normalized spacial score (nSPS) is 27.3. The lowest BCUT2D eigenvalue weighted by atomic mass is 10.1. The first-order valence-electron chi connectivity index (χ1n) is 18.5. The Hall–Kier alpha value is -4.08. The van der Waals surface area contributed by atoms with Gasteiger partial charge in [-0.3, -0.25) is 19.1 Å². The highest BCUT2D eigenvalue weighted by molar-refractivity contribution is 7.91. The van der Waals surface area contributed by atoms with E-state index in [4.69, 9.17) is 19.4 Å². The molecule has 0 spiro atoms. The highest BCUT2D eigenvalue weighted by atomic mass is 32.2. The highest BCUT2D eigenvalue weighted by Gasteiger charge is 2.62. The maximum atomic E-state index is 14.2. The fourth-order valence-corrected chi connectivity index (χ4v) is 9.65. The van der Waals surface area contributed by atoms with Gasteiger partial charge in [0.05, 0.1) is 30.1 Å². The van der Waals surface area contributed by atoms with Gasteiger partial charge in [-0.2, -0.15) is 0 Å². The molecule has 53 heavy (non-hydrogen) atoms.